The second-order valence-electron chi connectivity index (χ2n) is 4.37. The molecule has 1 unspecified atom stereocenters. The van der Waals surface area contributed by atoms with Crippen LogP contribution < -0.4 is 10.1 Å². The van der Waals surface area contributed by atoms with Crippen LogP contribution in [-0.4, -0.2) is 19.7 Å². The highest BCUT2D eigenvalue weighted by molar-refractivity contribution is 6.32. The van der Waals surface area contributed by atoms with Gasteiger partial charge in [0.05, 0.1) is 12.1 Å². The molecule has 0 spiro atoms. The average Bonchev–Trinajstić information content (AvgIpc) is 2.77. The summed E-state index contributed by atoms with van der Waals surface area (Å²) in [5.41, 5.74) is 2.50. The Hall–Kier alpha value is -0.730. The smallest absolute Gasteiger partial charge is 0.140 e. The van der Waals surface area contributed by atoms with Crippen LogP contribution in [0.15, 0.2) is 12.1 Å². The molecule has 1 aromatic rings. The number of ether oxygens (including phenoxy) is 1. The third kappa shape index (κ3) is 2.33. The number of hydrogen-bond donors (Lipinski definition) is 1. The van der Waals surface area contributed by atoms with E-state index in [0.717, 1.165) is 18.7 Å². The zero-order valence-corrected chi connectivity index (χ0v) is 10.6. The summed E-state index contributed by atoms with van der Waals surface area (Å²) in [5, 5.41) is 4.21. The fourth-order valence-electron chi connectivity index (χ4n) is 2.35. The summed E-state index contributed by atoms with van der Waals surface area (Å²) in [4.78, 5) is 0. The largest absolute Gasteiger partial charge is 0.495 e. The van der Waals surface area contributed by atoms with Gasteiger partial charge in [0.15, 0.2) is 0 Å². The fourth-order valence-corrected chi connectivity index (χ4v) is 2.60. The zero-order valence-electron chi connectivity index (χ0n) is 9.85. The lowest BCUT2D eigenvalue weighted by Crippen LogP contribution is -2.24. The van der Waals surface area contributed by atoms with E-state index < -0.39 is 0 Å². The van der Waals surface area contributed by atoms with Crippen molar-refractivity contribution in [3.05, 3.63) is 28.3 Å². The summed E-state index contributed by atoms with van der Waals surface area (Å²) in [6, 6.07) is 4.54. The molecule has 3 heteroatoms. The first-order chi connectivity index (χ1) is 7.72. The zero-order chi connectivity index (χ0) is 11.5. The second kappa shape index (κ2) is 5.07. The average molecular weight is 240 g/mol. The maximum absolute atomic E-state index is 6.14. The Morgan fingerprint density at radius 2 is 2.31 bits per heavy atom. The summed E-state index contributed by atoms with van der Waals surface area (Å²) in [7, 11) is 1.69. The second-order valence-corrected chi connectivity index (χ2v) is 4.78. The Balaban J connectivity index is 2.26. The first-order valence-electron chi connectivity index (χ1n) is 5.77. The number of rotatable bonds is 3. The summed E-state index contributed by atoms with van der Waals surface area (Å²) >= 11 is 6.14. The monoisotopic (exact) mass is 239 g/mol. The van der Waals surface area contributed by atoms with Crippen LogP contribution >= 0.6 is 11.6 Å². The third-order valence-corrected chi connectivity index (χ3v) is 3.56. The number of halogens is 1. The van der Waals surface area contributed by atoms with Gasteiger partial charge < -0.3 is 10.1 Å². The summed E-state index contributed by atoms with van der Waals surface area (Å²) in [6.45, 7) is 3.25. The molecule has 1 heterocycles. The van der Waals surface area contributed by atoms with Crippen molar-refractivity contribution in [1.29, 1.82) is 0 Å². The molecule has 1 N–H and O–H groups in total. The van der Waals surface area contributed by atoms with Gasteiger partial charge in [-0.05, 0) is 44.4 Å². The van der Waals surface area contributed by atoms with Crippen LogP contribution in [0.25, 0.3) is 0 Å². The molecule has 1 atom stereocenters. The van der Waals surface area contributed by atoms with Gasteiger partial charge in [-0.15, -0.1) is 0 Å². The highest BCUT2D eigenvalue weighted by Crippen LogP contribution is 2.32. The van der Waals surface area contributed by atoms with Crippen LogP contribution in [0, 0.1) is 6.92 Å². The quantitative estimate of drug-likeness (QED) is 0.876. The maximum Gasteiger partial charge on any atom is 0.140 e. The lowest BCUT2D eigenvalue weighted by molar-refractivity contribution is 0.406. The molecular weight excluding hydrogens is 222 g/mol. The summed E-state index contributed by atoms with van der Waals surface area (Å²) in [6.07, 6.45) is 3.53. The Labute approximate surface area is 102 Å². The van der Waals surface area contributed by atoms with E-state index in [-0.39, 0.29) is 0 Å². The molecule has 0 radical (unpaired) electrons. The van der Waals surface area contributed by atoms with Crippen molar-refractivity contribution in [2.75, 3.05) is 13.7 Å². The number of nitrogens with one attached hydrogen (secondary N) is 1. The van der Waals surface area contributed by atoms with E-state index in [2.05, 4.69) is 18.3 Å². The fraction of sp³-hybridized carbons (Fsp3) is 0.538. The molecule has 0 bridgehead atoms. The Morgan fingerprint density at radius 3 is 2.94 bits per heavy atom. The van der Waals surface area contributed by atoms with Crippen LogP contribution in [0.4, 0.5) is 0 Å². The number of hydrogen-bond acceptors (Lipinski definition) is 2. The summed E-state index contributed by atoms with van der Waals surface area (Å²) in [5.74, 6) is 0.843. The number of methoxy groups -OCH3 is 1. The molecule has 88 valence electrons. The highest BCUT2D eigenvalue weighted by Gasteiger charge is 2.19. The van der Waals surface area contributed by atoms with Crippen LogP contribution in [0.1, 0.15) is 24.0 Å². The lowest BCUT2D eigenvalue weighted by atomic mass is 9.99. The Bertz CT molecular complexity index is 372. The van der Waals surface area contributed by atoms with E-state index in [1.165, 1.54) is 24.0 Å². The van der Waals surface area contributed by atoms with E-state index in [0.29, 0.717) is 11.1 Å². The van der Waals surface area contributed by atoms with Crippen molar-refractivity contribution >= 4 is 11.6 Å². The topological polar surface area (TPSA) is 21.3 Å². The van der Waals surface area contributed by atoms with Gasteiger partial charge in [0.2, 0.25) is 0 Å². The molecule has 0 saturated carbocycles. The molecule has 0 aliphatic carbocycles. The molecule has 2 nitrogen and oxygen atoms in total. The number of aryl methyl sites for hydroxylation is 1. The molecule has 0 aromatic heterocycles. The van der Waals surface area contributed by atoms with Gasteiger partial charge in [-0.25, -0.2) is 0 Å². The molecule has 0 amide bonds. The molecule has 1 aromatic carbocycles. The maximum atomic E-state index is 6.14. The number of benzene rings is 1. The van der Waals surface area contributed by atoms with E-state index in [1.807, 2.05) is 6.07 Å². The summed E-state index contributed by atoms with van der Waals surface area (Å²) < 4.78 is 5.41. The minimum Gasteiger partial charge on any atom is -0.495 e. The van der Waals surface area contributed by atoms with Crippen LogP contribution in [0.3, 0.4) is 0 Å². The van der Waals surface area contributed by atoms with Crippen LogP contribution in [0.2, 0.25) is 5.02 Å². The van der Waals surface area contributed by atoms with Crippen LogP contribution in [-0.2, 0) is 6.42 Å². The normalized spacial score (nSPS) is 20.1. The predicted molar refractivity (Wildman–Crippen MR) is 67.5 cm³/mol. The first kappa shape index (κ1) is 11.7. The van der Waals surface area contributed by atoms with Gasteiger partial charge in [-0.2, -0.15) is 0 Å². The molecule has 1 aliphatic rings. The highest BCUT2D eigenvalue weighted by atomic mass is 35.5. The standard InChI is InChI=1S/C13H18ClNO/c1-9-5-6-12(14)13(16-2)11(9)8-10-4-3-7-15-10/h5-6,10,15H,3-4,7-8H2,1-2H3. The molecular formula is C13H18ClNO. The molecule has 2 rings (SSSR count). The van der Waals surface area contributed by atoms with Gasteiger partial charge in [0.25, 0.3) is 0 Å². The Morgan fingerprint density at radius 1 is 1.50 bits per heavy atom. The van der Waals surface area contributed by atoms with Gasteiger partial charge in [-0.1, -0.05) is 17.7 Å². The minimum atomic E-state index is 0.575. The lowest BCUT2D eigenvalue weighted by Gasteiger charge is -2.16. The van der Waals surface area contributed by atoms with E-state index in [9.17, 15) is 0 Å². The van der Waals surface area contributed by atoms with Crippen molar-refractivity contribution in [1.82, 2.24) is 5.32 Å². The molecule has 1 saturated heterocycles. The molecule has 16 heavy (non-hydrogen) atoms. The van der Waals surface area contributed by atoms with Crippen LogP contribution in [0.5, 0.6) is 5.75 Å². The molecule has 1 aliphatic heterocycles. The minimum absolute atomic E-state index is 0.575. The van der Waals surface area contributed by atoms with E-state index >= 15 is 0 Å². The van der Waals surface area contributed by atoms with Crippen molar-refractivity contribution in [2.45, 2.75) is 32.2 Å². The van der Waals surface area contributed by atoms with E-state index in [4.69, 9.17) is 16.3 Å². The van der Waals surface area contributed by atoms with Gasteiger partial charge in [-0.3, -0.25) is 0 Å². The van der Waals surface area contributed by atoms with E-state index in [1.54, 1.807) is 7.11 Å². The first-order valence-corrected chi connectivity index (χ1v) is 6.15. The SMILES string of the molecule is COc1c(Cl)ccc(C)c1CC1CCCN1. The van der Waals surface area contributed by atoms with Gasteiger partial charge in [0.1, 0.15) is 5.75 Å². The van der Waals surface area contributed by atoms with Gasteiger partial charge in [0, 0.05) is 11.6 Å². The Kier molecular flexibility index (Phi) is 3.72. The predicted octanol–water partition coefficient (Wildman–Crippen LogP) is 2.95. The van der Waals surface area contributed by atoms with Crippen molar-refractivity contribution < 1.29 is 4.74 Å². The van der Waals surface area contributed by atoms with Gasteiger partial charge >= 0.3 is 0 Å². The molecule has 1 fully saturated rings. The van der Waals surface area contributed by atoms with Crippen molar-refractivity contribution in [2.24, 2.45) is 0 Å². The third-order valence-electron chi connectivity index (χ3n) is 3.26. The van der Waals surface area contributed by atoms with Crippen molar-refractivity contribution in [3.63, 3.8) is 0 Å². The van der Waals surface area contributed by atoms with Crippen molar-refractivity contribution in [3.8, 4) is 5.75 Å².